The van der Waals surface area contributed by atoms with Crippen LogP contribution in [-0.4, -0.2) is 30.7 Å². The van der Waals surface area contributed by atoms with Crippen molar-refractivity contribution < 1.29 is 14.4 Å². The Balaban J connectivity index is 1.94. The summed E-state index contributed by atoms with van der Waals surface area (Å²) in [6.07, 6.45) is 0.537. The number of thiophene rings is 1. The van der Waals surface area contributed by atoms with Crippen LogP contribution in [0.25, 0.3) is 10.1 Å². The molecule has 0 saturated carbocycles. The lowest BCUT2D eigenvalue weighted by Gasteiger charge is -2.12. The number of carbonyl (C=O) groups is 3. The van der Waals surface area contributed by atoms with Crippen LogP contribution in [0.4, 0.5) is 0 Å². The number of likely N-dealkylation sites (N-methyl/N-ethyl adjacent to an activating group) is 1. The van der Waals surface area contributed by atoms with E-state index in [0.29, 0.717) is 11.3 Å². The molecule has 2 rings (SSSR count). The van der Waals surface area contributed by atoms with Crippen LogP contribution in [0.5, 0.6) is 0 Å². The first-order valence-electron chi connectivity index (χ1n) is 7.15. The molecule has 0 aliphatic heterocycles. The molecule has 5 nitrogen and oxygen atoms in total. The molecule has 0 aliphatic rings. The third-order valence-electron chi connectivity index (χ3n) is 3.36. The Morgan fingerprint density at radius 1 is 1.26 bits per heavy atom. The highest BCUT2D eigenvalue weighted by Crippen LogP contribution is 2.28. The zero-order valence-corrected chi connectivity index (χ0v) is 15.2. The Morgan fingerprint density at radius 3 is 2.70 bits per heavy atom. The van der Waals surface area contributed by atoms with Gasteiger partial charge in [0.15, 0.2) is 0 Å². The van der Waals surface area contributed by atoms with Crippen molar-refractivity contribution in [3.63, 3.8) is 0 Å². The number of benzene rings is 1. The normalized spacial score (nSPS) is 12.0. The Labute approximate surface area is 146 Å². The summed E-state index contributed by atoms with van der Waals surface area (Å²) in [7, 11) is 1.42. The average Bonchev–Trinajstić information content (AvgIpc) is 2.94. The summed E-state index contributed by atoms with van der Waals surface area (Å²) in [6, 6.07) is 7.53. The van der Waals surface area contributed by atoms with Gasteiger partial charge in [0.25, 0.3) is 11.8 Å². The summed E-state index contributed by atoms with van der Waals surface area (Å²) in [5, 5.41) is 6.17. The van der Waals surface area contributed by atoms with E-state index < -0.39 is 11.7 Å². The number of ketones is 1. The van der Waals surface area contributed by atoms with Crippen molar-refractivity contribution in [2.24, 2.45) is 0 Å². The molecule has 7 heteroatoms. The molecule has 0 spiro atoms. The van der Waals surface area contributed by atoms with E-state index in [4.69, 9.17) is 0 Å². The van der Waals surface area contributed by atoms with E-state index in [1.165, 1.54) is 18.4 Å². The van der Waals surface area contributed by atoms with Crippen LogP contribution < -0.4 is 10.6 Å². The minimum atomic E-state index is -0.599. The monoisotopic (exact) mass is 396 g/mol. The molecule has 1 aromatic carbocycles. The highest BCUT2D eigenvalue weighted by atomic mass is 79.9. The molecule has 2 N–H and O–H groups in total. The first kappa shape index (κ1) is 17.6. The van der Waals surface area contributed by atoms with Gasteiger partial charge in [-0.1, -0.05) is 15.9 Å². The van der Waals surface area contributed by atoms with E-state index in [-0.39, 0.29) is 18.4 Å². The predicted molar refractivity (Wildman–Crippen MR) is 94.8 cm³/mol. The number of rotatable bonds is 6. The second-order valence-electron chi connectivity index (χ2n) is 5.21. The van der Waals surface area contributed by atoms with Gasteiger partial charge in [0.1, 0.15) is 0 Å². The van der Waals surface area contributed by atoms with Crippen molar-refractivity contribution >= 4 is 55.0 Å². The molecule has 1 heterocycles. The summed E-state index contributed by atoms with van der Waals surface area (Å²) in [5.41, 5.74) is 0. The molecular formula is C16H17BrN2O3S. The van der Waals surface area contributed by atoms with Gasteiger partial charge in [-0.05, 0) is 43.0 Å². The van der Waals surface area contributed by atoms with Crippen molar-refractivity contribution in [3.8, 4) is 0 Å². The fourth-order valence-electron chi connectivity index (χ4n) is 2.09. The highest BCUT2D eigenvalue weighted by molar-refractivity contribution is 9.10. The zero-order valence-electron chi connectivity index (χ0n) is 12.8. The minimum Gasteiger partial charge on any atom is -0.353 e. The molecule has 23 heavy (non-hydrogen) atoms. The molecule has 2 amide bonds. The molecule has 0 saturated heterocycles. The van der Waals surface area contributed by atoms with Crippen LogP contribution in [0, 0.1) is 0 Å². The van der Waals surface area contributed by atoms with Crippen molar-refractivity contribution in [2.75, 3.05) is 7.05 Å². The average molecular weight is 397 g/mol. The molecule has 2 aromatic rings. The topological polar surface area (TPSA) is 75.3 Å². The van der Waals surface area contributed by atoms with Crippen molar-refractivity contribution in [2.45, 2.75) is 25.8 Å². The largest absolute Gasteiger partial charge is 0.353 e. The smallest absolute Gasteiger partial charge is 0.287 e. The van der Waals surface area contributed by atoms with E-state index in [9.17, 15) is 14.4 Å². The van der Waals surface area contributed by atoms with Gasteiger partial charge in [-0.25, -0.2) is 0 Å². The SMILES string of the molecule is CNC(=O)C(=O)CCC(C)NC(=O)c1cc2cc(Br)ccc2s1. The number of fused-ring (bicyclic) bond motifs is 1. The van der Waals surface area contributed by atoms with E-state index in [2.05, 4.69) is 26.6 Å². The van der Waals surface area contributed by atoms with Crippen molar-refractivity contribution in [1.82, 2.24) is 10.6 Å². The molecule has 0 bridgehead atoms. The fraction of sp³-hybridized carbons (Fsp3) is 0.312. The lowest BCUT2D eigenvalue weighted by molar-refractivity contribution is -0.137. The Kier molecular flexibility index (Phi) is 5.90. The van der Waals surface area contributed by atoms with Crippen LogP contribution >= 0.6 is 27.3 Å². The fourth-order valence-corrected chi connectivity index (χ4v) is 3.42. The third-order valence-corrected chi connectivity index (χ3v) is 4.97. The van der Waals surface area contributed by atoms with Gasteiger partial charge in [0.05, 0.1) is 4.88 Å². The molecule has 0 aliphatic carbocycles. The van der Waals surface area contributed by atoms with E-state index >= 15 is 0 Å². The molecule has 0 fully saturated rings. The van der Waals surface area contributed by atoms with Crippen molar-refractivity contribution in [3.05, 3.63) is 33.6 Å². The Hall–Kier alpha value is -1.73. The van der Waals surface area contributed by atoms with Crippen LogP contribution in [0.1, 0.15) is 29.4 Å². The van der Waals surface area contributed by atoms with E-state index in [0.717, 1.165) is 14.6 Å². The molecule has 122 valence electrons. The number of nitrogens with one attached hydrogen (secondary N) is 2. The van der Waals surface area contributed by atoms with Gasteiger partial charge in [0, 0.05) is 28.7 Å². The molecular weight excluding hydrogens is 380 g/mol. The molecule has 1 unspecified atom stereocenters. The minimum absolute atomic E-state index is 0.112. The highest BCUT2D eigenvalue weighted by Gasteiger charge is 2.16. The maximum atomic E-state index is 12.3. The Morgan fingerprint density at radius 2 is 2.00 bits per heavy atom. The van der Waals surface area contributed by atoms with Crippen molar-refractivity contribution in [1.29, 1.82) is 0 Å². The second-order valence-corrected chi connectivity index (χ2v) is 7.21. The zero-order chi connectivity index (χ0) is 17.0. The van der Waals surface area contributed by atoms with E-state index in [1.807, 2.05) is 31.2 Å². The number of hydrogen-bond donors (Lipinski definition) is 2. The quantitative estimate of drug-likeness (QED) is 0.737. The van der Waals surface area contributed by atoms with Crippen LogP contribution in [-0.2, 0) is 9.59 Å². The predicted octanol–water partition coefficient (Wildman–Crippen LogP) is 2.88. The Bertz CT molecular complexity index is 757. The van der Waals surface area contributed by atoms with Crippen LogP contribution in [0.3, 0.4) is 0 Å². The summed E-state index contributed by atoms with van der Waals surface area (Å²) >= 11 is 4.84. The lowest BCUT2D eigenvalue weighted by atomic mass is 10.1. The van der Waals surface area contributed by atoms with E-state index in [1.54, 1.807) is 0 Å². The maximum absolute atomic E-state index is 12.3. The third kappa shape index (κ3) is 4.62. The van der Waals surface area contributed by atoms with Gasteiger partial charge in [-0.2, -0.15) is 0 Å². The molecule has 0 radical (unpaired) electrons. The lowest BCUT2D eigenvalue weighted by Crippen LogP contribution is -2.34. The second kappa shape index (κ2) is 7.70. The van der Waals surface area contributed by atoms with Gasteiger partial charge < -0.3 is 10.6 Å². The maximum Gasteiger partial charge on any atom is 0.287 e. The van der Waals surface area contributed by atoms with Gasteiger partial charge in [-0.3, -0.25) is 14.4 Å². The number of hydrogen-bond acceptors (Lipinski definition) is 4. The first-order valence-corrected chi connectivity index (χ1v) is 8.76. The van der Waals surface area contributed by atoms with Gasteiger partial charge >= 0.3 is 0 Å². The number of Topliss-reactive ketones (excluding diaryl/α,β-unsaturated/α-hetero) is 1. The summed E-state index contributed by atoms with van der Waals surface area (Å²) in [4.78, 5) is 35.5. The number of amides is 2. The molecule has 1 atom stereocenters. The van der Waals surface area contributed by atoms with Crippen LogP contribution in [0.2, 0.25) is 0 Å². The first-order chi connectivity index (χ1) is 10.9. The van der Waals surface area contributed by atoms with Gasteiger partial charge in [0.2, 0.25) is 5.78 Å². The number of halogens is 1. The molecule has 1 aromatic heterocycles. The summed E-state index contributed by atoms with van der Waals surface area (Å²) < 4.78 is 2.01. The summed E-state index contributed by atoms with van der Waals surface area (Å²) in [6.45, 7) is 1.82. The summed E-state index contributed by atoms with van der Waals surface area (Å²) in [5.74, 6) is -1.24. The van der Waals surface area contributed by atoms with Gasteiger partial charge in [-0.15, -0.1) is 11.3 Å². The standard InChI is InChI=1S/C16H17BrN2O3S/c1-9(3-5-12(20)15(21)18-2)19-16(22)14-8-10-7-11(17)4-6-13(10)23-14/h4,6-9H,3,5H2,1-2H3,(H,18,21)(H,19,22). The number of carbonyl (C=O) groups excluding carboxylic acids is 3. The van der Waals surface area contributed by atoms with Crippen LogP contribution in [0.15, 0.2) is 28.7 Å².